The Morgan fingerprint density at radius 2 is 2.05 bits per heavy atom. The third kappa shape index (κ3) is 3.55. The van der Waals surface area contributed by atoms with Crippen LogP contribution in [0.3, 0.4) is 0 Å². The summed E-state index contributed by atoms with van der Waals surface area (Å²) >= 11 is 5.85. The first-order valence-electron chi connectivity index (χ1n) is 5.82. The highest BCUT2D eigenvalue weighted by atomic mass is 35.5. The molecule has 2 aromatic rings. The van der Waals surface area contributed by atoms with Gasteiger partial charge in [-0.05, 0) is 24.3 Å². The smallest absolute Gasteiger partial charge is 0.339 e. The minimum atomic E-state index is -0.776. The maximum Gasteiger partial charge on any atom is 0.339 e. The Kier molecular flexibility index (Phi) is 4.49. The van der Waals surface area contributed by atoms with Gasteiger partial charge in [0.25, 0.3) is 5.91 Å². The molecule has 0 aliphatic carbocycles. The first-order valence-corrected chi connectivity index (χ1v) is 6.20. The fraction of sp³-hybridized carbons (Fsp3) is 0.0714. The number of halogens is 2. The number of pyridine rings is 1. The van der Waals surface area contributed by atoms with Gasteiger partial charge < -0.3 is 10.1 Å². The van der Waals surface area contributed by atoms with Crippen LogP contribution in [0, 0.1) is 5.95 Å². The van der Waals surface area contributed by atoms with Crippen molar-refractivity contribution in [3.63, 3.8) is 0 Å². The highest BCUT2D eigenvalue weighted by Gasteiger charge is 2.15. The van der Waals surface area contributed by atoms with Gasteiger partial charge in [-0.1, -0.05) is 11.6 Å². The number of carbonyl (C=O) groups excluding carboxylic acids is 2. The van der Waals surface area contributed by atoms with Crippen LogP contribution in [0.1, 0.15) is 20.7 Å². The molecule has 5 nitrogen and oxygen atoms in total. The molecule has 0 aliphatic rings. The molecule has 2 rings (SSSR count). The molecule has 108 valence electrons. The maximum absolute atomic E-state index is 13.0. The lowest BCUT2D eigenvalue weighted by Crippen LogP contribution is -2.15. The average molecular weight is 309 g/mol. The van der Waals surface area contributed by atoms with Gasteiger partial charge in [0.05, 0.1) is 18.4 Å². The molecule has 1 aromatic heterocycles. The topological polar surface area (TPSA) is 68.3 Å². The van der Waals surface area contributed by atoms with Crippen molar-refractivity contribution in [2.24, 2.45) is 0 Å². The van der Waals surface area contributed by atoms with E-state index in [0.717, 1.165) is 6.07 Å². The normalized spacial score (nSPS) is 10.0. The van der Waals surface area contributed by atoms with Crippen molar-refractivity contribution >= 4 is 29.2 Å². The fourth-order valence-corrected chi connectivity index (χ4v) is 1.82. The monoisotopic (exact) mass is 308 g/mol. The third-order valence-corrected chi connectivity index (χ3v) is 2.86. The van der Waals surface area contributed by atoms with E-state index in [-0.39, 0.29) is 16.8 Å². The SMILES string of the molecule is COC(=O)c1ccc(Cl)cc1NC(=O)c1ccnc(F)c1. The predicted molar refractivity (Wildman–Crippen MR) is 74.9 cm³/mol. The first kappa shape index (κ1) is 14.9. The van der Waals surface area contributed by atoms with Crippen molar-refractivity contribution in [3.8, 4) is 0 Å². The number of anilines is 1. The highest BCUT2D eigenvalue weighted by Crippen LogP contribution is 2.22. The minimum Gasteiger partial charge on any atom is -0.465 e. The van der Waals surface area contributed by atoms with E-state index in [4.69, 9.17) is 11.6 Å². The van der Waals surface area contributed by atoms with Crippen molar-refractivity contribution in [2.75, 3.05) is 12.4 Å². The molecule has 0 saturated heterocycles. The lowest BCUT2D eigenvalue weighted by Gasteiger charge is -2.10. The molecule has 1 N–H and O–H groups in total. The molecule has 1 aromatic carbocycles. The van der Waals surface area contributed by atoms with E-state index in [1.807, 2.05) is 0 Å². The summed E-state index contributed by atoms with van der Waals surface area (Å²) in [6.07, 6.45) is 1.17. The van der Waals surface area contributed by atoms with Gasteiger partial charge >= 0.3 is 5.97 Å². The van der Waals surface area contributed by atoms with Crippen LogP contribution in [0.2, 0.25) is 5.02 Å². The van der Waals surface area contributed by atoms with E-state index in [1.54, 1.807) is 0 Å². The summed E-state index contributed by atoms with van der Waals surface area (Å²) in [6, 6.07) is 6.66. The second kappa shape index (κ2) is 6.32. The van der Waals surface area contributed by atoms with Gasteiger partial charge in [-0.25, -0.2) is 9.78 Å². The number of nitrogens with one attached hydrogen (secondary N) is 1. The molecule has 1 heterocycles. The molecule has 0 saturated carbocycles. The molecule has 0 unspecified atom stereocenters. The summed E-state index contributed by atoms with van der Waals surface area (Å²) in [4.78, 5) is 27.0. The number of hydrogen-bond acceptors (Lipinski definition) is 4. The zero-order chi connectivity index (χ0) is 15.4. The summed E-state index contributed by atoms with van der Waals surface area (Å²) in [7, 11) is 1.22. The molecular formula is C14H10ClFN2O3. The number of esters is 1. The number of aromatic nitrogens is 1. The van der Waals surface area contributed by atoms with Gasteiger partial charge in [0.15, 0.2) is 0 Å². The van der Waals surface area contributed by atoms with E-state index in [1.165, 1.54) is 37.6 Å². The number of benzene rings is 1. The summed E-state index contributed by atoms with van der Waals surface area (Å²) < 4.78 is 17.6. The van der Waals surface area contributed by atoms with E-state index in [0.29, 0.717) is 5.02 Å². The minimum absolute atomic E-state index is 0.0679. The third-order valence-electron chi connectivity index (χ3n) is 2.62. The number of amides is 1. The van der Waals surface area contributed by atoms with Gasteiger partial charge in [0, 0.05) is 22.8 Å². The molecule has 1 amide bonds. The molecule has 0 atom stereocenters. The van der Waals surface area contributed by atoms with Crippen LogP contribution in [0.25, 0.3) is 0 Å². The molecular weight excluding hydrogens is 299 g/mol. The Morgan fingerprint density at radius 3 is 2.71 bits per heavy atom. The van der Waals surface area contributed by atoms with Crippen LogP contribution in [0.15, 0.2) is 36.5 Å². The number of rotatable bonds is 3. The maximum atomic E-state index is 13.0. The fourth-order valence-electron chi connectivity index (χ4n) is 1.65. The van der Waals surface area contributed by atoms with Gasteiger partial charge in [0.2, 0.25) is 5.95 Å². The van der Waals surface area contributed by atoms with E-state index in [2.05, 4.69) is 15.0 Å². The Balaban J connectivity index is 2.32. The summed E-state index contributed by atoms with van der Waals surface area (Å²) in [6.45, 7) is 0. The van der Waals surface area contributed by atoms with Crippen molar-refractivity contribution in [1.29, 1.82) is 0 Å². The van der Waals surface area contributed by atoms with Crippen LogP contribution in [-0.4, -0.2) is 24.0 Å². The van der Waals surface area contributed by atoms with Crippen LogP contribution >= 0.6 is 11.6 Å². The average Bonchev–Trinajstić information content (AvgIpc) is 2.46. The zero-order valence-electron chi connectivity index (χ0n) is 10.9. The summed E-state index contributed by atoms with van der Waals surface area (Å²) in [5, 5.41) is 2.82. The lowest BCUT2D eigenvalue weighted by atomic mass is 10.1. The van der Waals surface area contributed by atoms with E-state index < -0.39 is 17.8 Å². The quantitative estimate of drug-likeness (QED) is 0.699. The molecule has 7 heteroatoms. The predicted octanol–water partition coefficient (Wildman–Crippen LogP) is 2.91. The van der Waals surface area contributed by atoms with Crippen molar-refractivity contribution < 1.29 is 18.7 Å². The number of hydrogen-bond donors (Lipinski definition) is 1. The van der Waals surface area contributed by atoms with Gasteiger partial charge in [-0.15, -0.1) is 0 Å². The molecule has 0 radical (unpaired) electrons. The molecule has 0 bridgehead atoms. The summed E-state index contributed by atoms with van der Waals surface area (Å²) in [5.74, 6) is -1.99. The second-order valence-corrected chi connectivity index (χ2v) is 4.44. The second-order valence-electron chi connectivity index (χ2n) is 4.00. The van der Waals surface area contributed by atoms with Crippen LogP contribution in [-0.2, 0) is 4.74 Å². The molecule has 0 spiro atoms. The summed E-state index contributed by atoms with van der Waals surface area (Å²) in [5.41, 5.74) is 0.389. The number of methoxy groups -OCH3 is 1. The number of carbonyl (C=O) groups is 2. The van der Waals surface area contributed by atoms with Crippen LogP contribution in [0.4, 0.5) is 10.1 Å². The van der Waals surface area contributed by atoms with Crippen LogP contribution in [0.5, 0.6) is 0 Å². The van der Waals surface area contributed by atoms with E-state index >= 15 is 0 Å². The number of ether oxygens (including phenoxy) is 1. The lowest BCUT2D eigenvalue weighted by molar-refractivity contribution is 0.0602. The Bertz CT molecular complexity index is 706. The molecule has 0 fully saturated rings. The highest BCUT2D eigenvalue weighted by molar-refractivity contribution is 6.31. The van der Waals surface area contributed by atoms with Gasteiger partial charge in [-0.2, -0.15) is 4.39 Å². The first-order chi connectivity index (χ1) is 10.0. The largest absolute Gasteiger partial charge is 0.465 e. The number of nitrogens with zero attached hydrogens (tertiary/aromatic N) is 1. The Hall–Kier alpha value is -2.47. The Labute approximate surface area is 124 Å². The standard InChI is InChI=1S/C14H10ClFN2O3/c1-21-14(20)10-3-2-9(15)7-11(10)18-13(19)8-4-5-17-12(16)6-8/h2-7H,1H3,(H,18,19). The zero-order valence-corrected chi connectivity index (χ0v) is 11.6. The molecule has 0 aliphatic heterocycles. The van der Waals surface area contributed by atoms with Gasteiger partial charge in [0.1, 0.15) is 0 Å². The van der Waals surface area contributed by atoms with Crippen molar-refractivity contribution in [2.45, 2.75) is 0 Å². The Morgan fingerprint density at radius 1 is 1.29 bits per heavy atom. The van der Waals surface area contributed by atoms with E-state index in [9.17, 15) is 14.0 Å². The van der Waals surface area contributed by atoms with Crippen LogP contribution < -0.4 is 5.32 Å². The van der Waals surface area contributed by atoms with Crippen molar-refractivity contribution in [1.82, 2.24) is 4.98 Å². The molecule has 21 heavy (non-hydrogen) atoms. The van der Waals surface area contributed by atoms with Gasteiger partial charge in [-0.3, -0.25) is 4.79 Å². The van der Waals surface area contributed by atoms with Crippen molar-refractivity contribution in [3.05, 3.63) is 58.6 Å².